The van der Waals surface area contributed by atoms with Gasteiger partial charge in [0.25, 0.3) is 0 Å². The number of anilines is 1. The third kappa shape index (κ3) is 3.03. The van der Waals surface area contributed by atoms with Crippen molar-refractivity contribution < 1.29 is 9.21 Å². The van der Waals surface area contributed by atoms with Gasteiger partial charge in [0.1, 0.15) is 5.58 Å². The van der Waals surface area contributed by atoms with Crippen LogP contribution in [-0.2, 0) is 17.6 Å². The summed E-state index contributed by atoms with van der Waals surface area (Å²) >= 11 is 0. The van der Waals surface area contributed by atoms with Crippen LogP contribution in [0, 0.1) is 6.92 Å². The lowest BCUT2D eigenvalue weighted by atomic mass is 10.1. The highest BCUT2D eigenvalue weighted by Gasteiger charge is 2.11. The van der Waals surface area contributed by atoms with E-state index in [2.05, 4.69) is 18.3 Å². The SMILES string of the molecule is CCc1ccc2c(CC(=O)Nc3cccc(C)c3)coc2c1. The minimum Gasteiger partial charge on any atom is -0.464 e. The molecule has 0 aliphatic heterocycles. The van der Waals surface area contributed by atoms with Gasteiger partial charge in [-0.05, 0) is 42.7 Å². The number of hydrogen-bond donors (Lipinski definition) is 1. The third-order valence-electron chi connectivity index (χ3n) is 3.78. The Bertz CT molecular complexity index is 817. The van der Waals surface area contributed by atoms with Gasteiger partial charge in [-0.15, -0.1) is 0 Å². The van der Waals surface area contributed by atoms with E-state index >= 15 is 0 Å². The second kappa shape index (κ2) is 6.06. The quantitative estimate of drug-likeness (QED) is 0.770. The predicted octanol–water partition coefficient (Wildman–Crippen LogP) is 4.48. The molecule has 3 nitrogen and oxygen atoms in total. The maximum Gasteiger partial charge on any atom is 0.228 e. The first kappa shape index (κ1) is 14.4. The Kier molecular flexibility index (Phi) is 3.96. The number of hydrogen-bond acceptors (Lipinski definition) is 2. The topological polar surface area (TPSA) is 42.2 Å². The monoisotopic (exact) mass is 293 g/mol. The van der Waals surface area contributed by atoms with Crippen molar-refractivity contribution in [2.24, 2.45) is 0 Å². The fraction of sp³-hybridized carbons (Fsp3) is 0.211. The molecule has 0 aliphatic carbocycles. The molecule has 0 bridgehead atoms. The van der Waals surface area contributed by atoms with E-state index in [1.807, 2.05) is 43.3 Å². The summed E-state index contributed by atoms with van der Waals surface area (Å²) in [5.74, 6) is -0.0344. The van der Waals surface area contributed by atoms with E-state index in [1.165, 1.54) is 5.56 Å². The van der Waals surface area contributed by atoms with Crippen molar-refractivity contribution in [3.8, 4) is 0 Å². The van der Waals surface area contributed by atoms with Crippen LogP contribution >= 0.6 is 0 Å². The molecule has 112 valence electrons. The van der Waals surface area contributed by atoms with Crippen molar-refractivity contribution in [2.75, 3.05) is 5.32 Å². The van der Waals surface area contributed by atoms with Crippen LogP contribution in [0.5, 0.6) is 0 Å². The average molecular weight is 293 g/mol. The molecule has 0 unspecified atom stereocenters. The number of carbonyl (C=O) groups is 1. The molecule has 0 atom stereocenters. The Balaban J connectivity index is 1.76. The van der Waals surface area contributed by atoms with Crippen LogP contribution < -0.4 is 5.32 Å². The largest absolute Gasteiger partial charge is 0.464 e. The molecular weight excluding hydrogens is 274 g/mol. The highest BCUT2D eigenvalue weighted by atomic mass is 16.3. The van der Waals surface area contributed by atoms with Crippen molar-refractivity contribution in [1.82, 2.24) is 0 Å². The molecule has 1 heterocycles. The summed E-state index contributed by atoms with van der Waals surface area (Å²) in [6, 6.07) is 13.9. The lowest BCUT2D eigenvalue weighted by molar-refractivity contribution is -0.115. The zero-order valence-corrected chi connectivity index (χ0v) is 12.8. The number of nitrogens with one attached hydrogen (secondary N) is 1. The van der Waals surface area contributed by atoms with Gasteiger partial charge in [-0.25, -0.2) is 0 Å². The van der Waals surface area contributed by atoms with E-state index < -0.39 is 0 Å². The summed E-state index contributed by atoms with van der Waals surface area (Å²) in [7, 11) is 0. The highest BCUT2D eigenvalue weighted by molar-refractivity contribution is 5.95. The fourth-order valence-corrected chi connectivity index (χ4v) is 2.59. The molecule has 3 aromatic rings. The number of furan rings is 1. The number of carbonyl (C=O) groups excluding carboxylic acids is 1. The summed E-state index contributed by atoms with van der Waals surface area (Å²) in [6.45, 7) is 4.12. The van der Waals surface area contributed by atoms with Gasteiger partial charge in [0.15, 0.2) is 0 Å². The average Bonchev–Trinajstić information content (AvgIpc) is 2.89. The molecule has 3 rings (SSSR count). The second-order valence-corrected chi connectivity index (χ2v) is 5.54. The fourth-order valence-electron chi connectivity index (χ4n) is 2.59. The molecule has 0 spiro atoms. The first-order valence-corrected chi connectivity index (χ1v) is 7.51. The van der Waals surface area contributed by atoms with Gasteiger partial charge in [0.05, 0.1) is 12.7 Å². The minimum atomic E-state index is -0.0344. The van der Waals surface area contributed by atoms with Gasteiger partial charge >= 0.3 is 0 Å². The normalized spacial score (nSPS) is 10.8. The number of rotatable bonds is 4. The lowest BCUT2D eigenvalue weighted by Gasteiger charge is -2.05. The summed E-state index contributed by atoms with van der Waals surface area (Å²) in [4.78, 5) is 12.2. The van der Waals surface area contributed by atoms with Gasteiger partial charge in [-0.2, -0.15) is 0 Å². The maximum absolute atomic E-state index is 12.2. The van der Waals surface area contributed by atoms with Crippen LogP contribution in [-0.4, -0.2) is 5.91 Å². The number of fused-ring (bicyclic) bond motifs is 1. The summed E-state index contributed by atoms with van der Waals surface area (Å²) in [5.41, 5.74) is 4.95. The molecule has 2 aromatic carbocycles. The van der Waals surface area contributed by atoms with Gasteiger partial charge < -0.3 is 9.73 Å². The molecule has 1 amide bonds. The van der Waals surface area contributed by atoms with Gasteiger partial charge in [-0.1, -0.05) is 31.2 Å². The molecule has 1 aromatic heterocycles. The van der Waals surface area contributed by atoms with E-state index in [4.69, 9.17) is 4.42 Å². The van der Waals surface area contributed by atoms with Crippen molar-refractivity contribution in [1.29, 1.82) is 0 Å². The van der Waals surface area contributed by atoms with E-state index in [0.717, 1.165) is 34.2 Å². The molecule has 0 aliphatic rings. The molecule has 0 fully saturated rings. The Morgan fingerprint density at radius 1 is 1.18 bits per heavy atom. The van der Waals surface area contributed by atoms with Crippen LogP contribution in [0.3, 0.4) is 0 Å². The highest BCUT2D eigenvalue weighted by Crippen LogP contribution is 2.23. The van der Waals surface area contributed by atoms with Crippen molar-refractivity contribution in [3.05, 3.63) is 65.4 Å². The Hall–Kier alpha value is -2.55. The predicted molar refractivity (Wildman–Crippen MR) is 89.1 cm³/mol. The van der Waals surface area contributed by atoms with Crippen LogP contribution in [0.2, 0.25) is 0 Å². The van der Waals surface area contributed by atoms with Crippen LogP contribution in [0.1, 0.15) is 23.6 Å². The smallest absolute Gasteiger partial charge is 0.228 e. The molecular formula is C19H19NO2. The summed E-state index contributed by atoms with van der Waals surface area (Å²) in [6.07, 6.45) is 2.96. The van der Waals surface area contributed by atoms with Gasteiger partial charge in [0.2, 0.25) is 5.91 Å². The summed E-state index contributed by atoms with van der Waals surface area (Å²) < 4.78 is 5.58. The van der Waals surface area contributed by atoms with Crippen LogP contribution in [0.4, 0.5) is 5.69 Å². The molecule has 0 radical (unpaired) electrons. The van der Waals surface area contributed by atoms with E-state index in [0.29, 0.717) is 6.42 Å². The van der Waals surface area contributed by atoms with Crippen LogP contribution in [0.25, 0.3) is 11.0 Å². The third-order valence-corrected chi connectivity index (χ3v) is 3.78. The molecule has 3 heteroatoms. The minimum absolute atomic E-state index is 0.0344. The molecule has 0 saturated heterocycles. The number of aryl methyl sites for hydroxylation is 2. The number of benzene rings is 2. The van der Waals surface area contributed by atoms with E-state index in [-0.39, 0.29) is 5.91 Å². The van der Waals surface area contributed by atoms with Crippen molar-refractivity contribution in [3.63, 3.8) is 0 Å². The first-order chi connectivity index (χ1) is 10.7. The lowest BCUT2D eigenvalue weighted by Crippen LogP contribution is -2.14. The maximum atomic E-state index is 12.2. The Morgan fingerprint density at radius 3 is 2.82 bits per heavy atom. The molecule has 0 saturated carbocycles. The zero-order valence-electron chi connectivity index (χ0n) is 12.8. The molecule has 22 heavy (non-hydrogen) atoms. The van der Waals surface area contributed by atoms with Crippen LogP contribution in [0.15, 0.2) is 53.1 Å². The Labute approximate surface area is 130 Å². The first-order valence-electron chi connectivity index (χ1n) is 7.51. The second-order valence-electron chi connectivity index (χ2n) is 5.54. The van der Waals surface area contributed by atoms with Crippen molar-refractivity contribution >= 4 is 22.6 Å². The standard InChI is InChI=1S/C19H19NO2/c1-3-14-7-8-17-15(12-22-18(17)10-14)11-19(21)20-16-6-4-5-13(2)9-16/h4-10,12H,3,11H2,1-2H3,(H,20,21). The van der Waals surface area contributed by atoms with Crippen molar-refractivity contribution in [2.45, 2.75) is 26.7 Å². The summed E-state index contributed by atoms with van der Waals surface area (Å²) in [5, 5.41) is 3.94. The zero-order chi connectivity index (χ0) is 15.5. The Morgan fingerprint density at radius 2 is 2.05 bits per heavy atom. The number of amides is 1. The molecule has 1 N–H and O–H groups in total. The van der Waals surface area contributed by atoms with E-state index in [9.17, 15) is 4.79 Å². The van der Waals surface area contributed by atoms with E-state index in [1.54, 1.807) is 6.26 Å². The van der Waals surface area contributed by atoms with Gasteiger partial charge in [0, 0.05) is 16.6 Å². The van der Waals surface area contributed by atoms with Gasteiger partial charge in [-0.3, -0.25) is 4.79 Å².